The Bertz CT molecular complexity index is 655. The molecule has 0 saturated carbocycles. The number of aromatic nitrogens is 1. The number of fused-ring (bicyclic) bond motifs is 1. The molecule has 0 saturated heterocycles. The van der Waals surface area contributed by atoms with E-state index in [0.717, 1.165) is 0 Å². The van der Waals surface area contributed by atoms with E-state index in [9.17, 15) is 0 Å². The molecular formula is C23H37NSn. The predicted molar refractivity (Wildman–Crippen MR) is 116 cm³/mol. The van der Waals surface area contributed by atoms with Gasteiger partial charge in [0.1, 0.15) is 0 Å². The Balaban J connectivity index is 2.54. The van der Waals surface area contributed by atoms with Crippen molar-refractivity contribution in [2.24, 2.45) is 0 Å². The second-order valence-corrected chi connectivity index (χ2v) is 21.0. The molecule has 2 aromatic rings. The van der Waals surface area contributed by atoms with Gasteiger partial charge in [-0.05, 0) is 0 Å². The van der Waals surface area contributed by atoms with Gasteiger partial charge in [-0.15, -0.1) is 0 Å². The Hall–Kier alpha value is -0.571. The van der Waals surface area contributed by atoms with E-state index in [4.69, 9.17) is 4.98 Å². The molecule has 2 rings (SSSR count). The molecule has 1 aromatic heterocycles. The molecule has 0 radical (unpaired) electrons. The number of aryl methyl sites for hydroxylation is 2. The Morgan fingerprint density at radius 1 is 0.800 bits per heavy atom. The number of nitrogens with zero attached hydrogens (tertiary/aromatic N) is 1. The first-order chi connectivity index (χ1) is 12.1. The summed E-state index contributed by atoms with van der Waals surface area (Å²) < 4.78 is 6.05. The molecule has 25 heavy (non-hydrogen) atoms. The zero-order valence-corrected chi connectivity index (χ0v) is 20.0. The van der Waals surface area contributed by atoms with E-state index in [0.29, 0.717) is 0 Å². The van der Waals surface area contributed by atoms with E-state index in [2.05, 4.69) is 58.9 Å². The molecule has 0 spiro atoms. The van der Waals surface area contributed by atoms with Gasteiger partial charge in [0.15, 0.2) is 0 Å². The molecule has 0 aliphatic heterocycles. The van der Waals surface area contributed by atoms with Crippen molar-refractivity contribution in [1.29, 1.82) is 0 Å². The summed E-state index contributed by atoms with van der Waals surface area (Å²) in [5, 5.41) is 1.34. The fourth-order valence-corrected chi connectivity index (χ4v) is 19.8. The molecule has 138 valence electrons. The number of benzene rings is 1. The van der Waals surface area contributed by atoms with Gasteiger partial charge in [-0.1, -0.05) is 0 Å². The standard InChI is InChI=1S/C11H10N.3C4H9.Sn/c1-8-3-4-10-9(2)5-6-12-11(10)7-8;3*1-3-4-2;/h3-5,7H,1-2H3;3*1,3-4H2,2H3;. The van der Waals surface area contributed by atoms with Crippen molar-refractivity contribution in [2.45, 2.75) is 86.5 Å². The first-order valence-corrected chi connectivity index (χ1v) is 17.9. The van der Waals surface area contributed by atoms with Crippen molar-refractivity contribution >= 4 is 33.0 Å². The molecule has 1 aromatic carbocycles. The van der Waals surface area contributed by atoms with Crippen LogP contribution < -0.4 is 3.71 Å². The van der Waals surface area contributed by atoms with Crippen LogP contribution in [0.1, 0.15) is 70.4 Å². The molecule has 0 aliphatic carbocycles. The molecule has 2 heteroatoms. The summed E-state index contributed by atoms with van der Waals surface area (Å²) in [6.07, 6.45) is 8.16. The molecule has 0 aliphatic rings. The molecular weight excluding hydrogens is 409 g/mol. The van der Waals surface area contributed by atoms with Gasteiger partial charge in [-0.3, -0.25) is 0 Å². The molecule has 0 fully saturated rings. The van der Waals surface area contributed by atoms with Gasteiger partial charge in [-0.2, -0.15) is 0 Å². The first kappa shape index (κ1) is 20.7. The molecule has 0 amide bonds. The van der Waals surface area contributed by atoms with Crippen LogP contribution in [0.2, 0.25) is 13.3 Å². The Morgan fingerprint density at radius 2 is 1.36 bits per heavy atom. The Morgan fingerprint density at radius 3 is 1.88 bits per heavy atom. The van der Waals surface area contributed by atoms with Crippen molar-refractivity contribution in [2.75, 3.05) is 0 Å². The Labute approximate surface area is 159 Å². The SMILES string of the molecule is CCC[CH2][Sn]([CH2]CCC)([CH2]CCC)[c]1cc(C)c2ccc(C)cc2n1. The number of hydrogen-bond acceptors (Lipinski definition) is 1. The normalized spacial score (nSPS) is 12.0. The van der Waals surface area contributed by atoms with Crippen LogP contribution in [0, 0.1) is 13.8 Å². The van der Waals surface area contributed by atoms with Crippen molar-refractivity contribution in [3.05, 3.63) is 35.4 Å². The fraction of sp³-hybridized carbons (Fsp3) is 0.609. The van der Waals surface area contributed by atoms with Gasteiger partial charge in [0.2, 0.25) is 0 Å². The second-order valence-electron chi connectivity index (χ2n) is 7.94. The van der Waals surface area contributed by atoms with Crippen LogP contribution in [0.25, 0.3) is 10.9 Å². The van der Waals surface area contributed by atoms with Crippen molar-refractivity contribution in [3.8, 4) is 0 Å². The third-order valence-electron chi connectivity index (χ3n) is 5.74. The summed E-state index contributed by atoms with van der Waals surface area (Å²) in [4.78, 5) is 5.32. The van der Waals surface area contributed by atoms with Crippen LogP contribution in [-0.4, -0.2) is 23.4 Å². The van der Waals surface area contributed by atoms with E-state index in [-0.39, 0.29) is 0 Å². The van der Waals surface area contributed by atoms with Crippen molar-refractivity contribution < 1.29 is 0 Å². The van der Waals surface area contributed by atoms with Gasteiger partial charge >= 0.3 is 160 Å². The van der Waals surface area contributed by atoms with Gasteiger partial charge in [0.25, 0.3) is 0 Å². The van der Waals surface area contributed by atoms with E-state index in [1.54, 1.807) is 3.71 Å². The van der Waals surface area contributed by atoms with Gasteiger partial charge < -0.3 is 0 Å². The average Bonchev–Trinajstić information content (AvgIpc) is 2.61. The molecule has 0 bridgehead atoms. The van der Waals surface area contributed by atoms with Crippen LogP contribution in [0.3, 0.4) is 0 Å². The first-order valence-electron chi connectivity index (χ1n) is 10.4. The molecule has 0 atom stereocenters. The van der Waals surface area contributed by atoms with Crippen LogP contribution in [-0.2, 0) is 0 Å². The number of rotatable bonds is 10. The van der Waals surface area contributed by atoms with Crippen LogP contribution >= 0.6 is 0 Å². The van der Waals surface area contributed by atoms with E-state index >= 15 is 0 Å². The zero-order valence-electron chi connectivity index (χ0n) is 17.1. The maximum absolute atomic E-state index is 5.32. The topological polar surface area (TPSA) is 12.9 Å². The molecule has 0 unspecified atom stereocenters. The van der Waals surface area contributed by atoms with Crippen molar-refractivity contribution in [1.82, 2.24) is 4.98 Å². The van der Waals surface area contributed by atoms with Crippen LogP contribution in [0.4, 0.5) is 0 Å². The maximum atomic E-state index is 5.32. The fourth-order valence-electron chi connectivity index (χ4n) is 4.09. The number of hydrogen-bond donors (Lipinski definition) is 0. The monoisotopic (exact) mass is 447 g/mol. The summed E-state index contributed by atoms with van der Waals surface area (Å²) in [7, 11) is 0. The van der Waals surface area contributed by atoms with Gasteiger partial charge in [-0.25, -0.2) is 0 Å². The van der Waals surface area contributed by atoms with Crippen LogP contribution in [0.5, 0.6) is 0 Å². The summed E-state index contributed by atoms with van der Waals surface area (Å²) in [6, 6.07) is 9.27. The van der Waals surface area contributed by atoms with Gasteiger partial charge in [0, 0.05) is 0 Å². The van der Waals surface area contributed by atoms with E-state index in [1.165, 1.54) is 73.9 Å². The number of unbranched alkanes of at least 4 members (excludes halogenated alkanes) is 3. The average molecular weight is 446 g/mol. The number of pyridine rings is 1. The summed E-state index contributed by atoms with van der Waals surface area (Å²) in [5.41, 5.74) is 4.00. The van der Waals surface area contributed by atoms with Gasteiger partial charge in [0.05, 0.1) is 0 Å². The molecule has 1 heterocycles. The predicted octanol–water partition coefficient (Wildman–Crippen LogP) is 6.91. The molecule has 1 nitrogen and oxygen atoms in total. The summed E-state index contributed by atoms with van der Waals surface area (Å²) in [6.45, 7) is 11.5. The van der Waals surface area contributed by atoms with Crippen molar-refractivity contribution in [3.63, 3.8) is 0 Å². The third-order valence-corrected chi connectivity index (χ3v) is 20.8. The Kier molecular flexibility index (Phi) is 8.25. The zero-order chi connectivity index (χ0) is 18.3. The summed E-state index contributed by atoms with van der Waals surface area (Å²) >= 11 is -2.42. The minimum atomic E-state index is -2.42. The quantitative estimate of drug-likeness (QED) is 0.362. The van der Waals surface area contributed by atoms with E-state index < -0.39 is 18.4 Å². The van der Waals surface area contributed by atoms with E-state index in [1.807, 2.05) is 0 Å². The molecule has 0 N–H and O–H groups in total. The minimum absolute atomic E-state index is 1.24. The third kappa shape index (κ3) is 5.21. The van der Waals surface area contributed by atoms with Crippen LogP contribution in [0.15, 0.2) is 24.3 Å². The summed E-state index contributed by atoms with van der Waals surface area (Å²) in [5.74, 6) is 0. The second kappa shape index (κ2) is 9.94.